The average Bonchev–Trinajstić information content (AvgIpc) is 1.86. The molecule has 6 heavy (non-hydrogen) atoms. The van der Waals surface area contributed by atoms with Gasteiger partial charge in [0.15, 0.2) is 0 Å². The minimum atomic E-state index is 0.222. The maximum Gasteiger partial charge on any atom is 0.256 e. The summed E-state index contributed by atoms with van der Waals surface area (Å²) in [7, 11) is 0. The predicted molar refractivity (Wildman–Crippen MR) is 22.7 cm³/mol. The van der Waals surface area contributed by atoms with Crippen molar-refractivity contribution in [3.8, 4) is 0 Å². The highest BCUT2D eigenvalue weighted by Crippen LogP contribution is 1.94. The van der Waals surface area contributed by atoms with E-state index in [-0.39, 0.29) is 5.28 Å². The standard InChI is InChI=1S/CClN3S/c2-1-3-5-6-4-1. The Labute approximate surface area is 43.3 Å². The van der Waals surface area contributed by atoms with Gasteiger partial charge in [-0.3, -0.25) is 0 Å². The van der Waals surface area contributed by atoms with E-state index in [1.807, 2.05) is 0 Å². The molecule has 0 aromatic carbocycles. The Hall–Kier alpha value is -0.220. The number of nitrogens with zero attached hydrogens (tertiary/aromatic N) is 3. The molecule has 0 aliphatic carbocycles. The third-order valence-electron chi connectivity index (χ3n) is 0.276. The van der Waals surface area contributed by atoms with Crippen LogP contribution in [0.5, 0.6) is 0 Å². The molecule has 1 aromatic heterocycles. The van der Waals surface area contributed by atoms with Crippen LogP contribution in [0.4, 0.5) is 0 Å². The van der Waals surface area contributed by atoms with Gasteiger partial charge in [0.25, 0.3) is 5.28 Å². The van der Waals surface area contributed by atoms with Crippen LogP contribution < -0.4 is 0 Å². The molecule has 0 saturated heterocycles. The van der Waals surface area contributed by atoms with Gasteiger partial charge in [0.05, 0.1) is 11.7 Å². The van der Waals surface area contributed by atoms with Crippen LogP contribution in [0, 0.1) is 0 Å². The zero-order chi connectivity index (χ0) is 4.41. The van der Waals surface area contributed by atoms with E-state index in [0.717, 1.165) is 11.7 Å². The number of hydrogen-bond donors (Lipinski definition) is 0. The lowest BCUT2D eigenvalue weighted by atomic mass is 11.4. The monoisotopic (exact) mass is 121 g/mol. The summed E-state index contributed by atoms with van der Waals surface area (Å²) in [6.45, 7) is 0. The van der Waals surface area contributed by atoms with E-state index in [0.29, 0.717) is 0 Å². The van der Waals surface area contributed by atoms with E-state index in [1.54, 1.807) is 0 Å². The molecule has 0 saturated carbocycles. The van der Waals surface area contributed by atoms with E-state index in [9.17, 15) is 0 Å². The van der Waals surface area contributed by atoms with Crippen molar-refractivity contribution >= 4 is 23.3 Å². The Morgan fingerprint density at radius 1 is 1.67 bits per heavy atom. The molecule has 0 amide bonds. The second kappa shape index (κ2) is 1.49. The van der Waals surface area contributed by atoms with Crippen molar-refractivity contribution in [1.29, 1.82) is 0 Å². The molecule has 0 aliphatic heterocycles. The van der Waals surface area contributed by atoms with Gasteiger partial charge in [-0.1, -0.05) is 4.49 Å². The molecule has 32 valence electrons. The van der Waals surface area contributed by atoms with Crippen LogP contribution in [0.15, 0.2) is 0 Å². The number of hydrogen-bond acceptors (Lipinski definition) is 4. The molecule has 0 radical (unpaired) electrons. The van der Waals surface area contributed by atoms with Crippen molar-refractivity contribution in [2.24, 2.45) is 0 Å². The van der Waals surface area contributed by atoms with E-state index < -0.39 is 0 Å². The lowest BCUT2D eigenvalue weighted by Gasteiger charge is -1.56. The lowest BCUT2D eigenvalue weighted by molar-refractivity contribution is 1.14. The van der Waals surface area contributed by atoms with Crippen LogP contribution in [0.25, 0.3) is 0 Å². The molecule has 0 unspecified atom stereocenters. The smallest absolute Gasteiger partial charge is 0.139 e. The van der Waals surface area contributed by atoms with Gasteiger partial charge in [0.2, 0.25) is 0 Å². The SMILES string of the molecule is Clc1nnsn1. The molecule has 1 heterocycles. The lowest BCUT2D eigenvalue weighted by Crippen LogP contribution is -1.60. The Kier molecular flexibility index (Phi) is 0.979. The largest absolute Gasteiger partial charge is 0.256 e. The molecule has 5 heteroatoms. The summed E-state index contributed by atoms with van der Waals surface area (Å²) in [6, 6.07) is 0. The van der Waals surface area contributed by atoms with E-state index in [4.69, 9.17) is 11.6 Å². The molecule has 1 rings (SSSR count). The molecular formula is CClN3S. The van der Waals surface area contributed by atoms with Gasteiger partial charge in [-0.2, -0.15) is 0 Å². The van der Waals surface area contributed by atoms with Crippen molar-refractivity contribution in [3.05, 3.63) is 5.28 Å². The van der Waals surface area contributed by atoms with Gasteiger partial charge in [-0.15, -0.1) is 9.47 Å². The average molecular weight is 122 g/mol. The number of rotatable bonds is 0. The van der Waals surface area contributed by atoms with Gasteiger partial charge in [0, 0.05) is 0 Å². The molecule has 1 aromatic rings. The molecular weight excluding hydrogens is 122 g/mol. The first-order valence-electron chi connectivity index (χ1n) is 1.20. The maximum absolute atomic E-state index is 5.18. The summed E-state index contributed by atoms with van der Waals surface area (Å²) in [6.07, 6.45) is 0. The van der Waals surface area contributed by atoms with Gasteiger partial charge in [-0.25, -0.2) is 0 Å². The summed E-state index contributed by atoms with van der Waals surface area (Å²) in [5, 5.41) is 3.56. The second-order valence-corrected chi connectivity index (χ2v) is 1.47. The predicted octanol–water partition coefficient (Wildman–Crippen LogP) is 0.587. The first-order valence-corrected chi connectivity index (χ1v) is 2.31. The Balaban J connectivity index is 3.05. The first-order chi connectivity index (χ1) is 2.89. The normalized spacial score (nSPS) is 8.83. The molecule has 0 N–H and O–H groups in total. The van der Waals surface area contributed by atoms with Gasteiger partial charge < -0.3 is 0 Å². The minimum Gasteiger partial charge on any atom is -0.139 e. The fourth-order valence-electron chi connectivity index (χ4n) is 0.122. The van der Waals surface area contributed by atoms with Crippen molar-refractivity contribution in [1.82, 2.24) is 14.0 Å². The van der Waals surface area contributed by atoms with Gasteiger partial charge >= 0.3 is 0 Å². The van der Waals surface area contributed by atoms with Crippen molar-refractivity contribution in [3.63, 3.8) is 0 Å². The molecule has 3 nitrogen and oxygen atoms in total. The molecule has 0 fully saturated rings. The van der Waals surface area contributed by atoms with Crippen LogP contribution >= 0.6 is 23.3 Å². The van der Waals surface area contributed by atoms with E-state index >= 15 is 0 Å². The van der Waals surface area contributed by atoms with Crippen molar-refractivity contribution in [2.45, 2.75) is 0 Å². The maximum atomic E-state index is 5.18. The van der Waals surface area contributed by atoms with E-state index in [2.05, 4.69) is 14.0 Å². The highest BCUT2D eigenvalue weighted by molar-refractivity contribution is 6.99. The summed E-state index contributed by atoms with van der Waals surface area (Å²) in [5.41, 5.74) is 0. The quantitative estimate of drug-likeness (QED) is 0.504. The Bertz CT molecular complexity index is 114. The van der Waals surface area contributed by atoms with Gasteiger partial charge in [0.1, 0.15) is 0 Å². The molecule has 0 atom stereocenters. The molecule has 0 spiro atoms. The topological polar surface area (TPSA) is 38.7 Å². The third-order valence-corrected chi connectivity index (χ3v) is 0.946. The summed E-state index contributed by atoms with van der Waals surface area (Å²) >= 11 is 6.18. The van der Waals surface area contributed by atoms with Crippen molar-refractivity contribution < 1.29 is 0 Å². The fraction of sp³-hybridized carbons (Fsp3) is 0. The summed E-state index contributed by atoms with van der Waals surface area (Å²) < 4.78 is 6.87. The van der Waals surface area contributed by atoms with Crippen LogP contribution in [-0.4, -0.2) is 14.0 Å². The molecule has 0 aliphatic rings. The van der Waals surface area contributed by atoms with Crippen LogP contribution in [-0.2, 0) is 0 Å². The van der Waals surface area contributed by atoms with E-state index in [1.165, 1.54) is 0 Å². The van der Waals surface area contributed by atoms with Gasteiger partial charge in [-0.05, 0) is 11.6 Å². The zero-order valence-corrected chi connectivity index (χ0v) is 4.20. The highest BCUT2D eigenvalue weighted by atomic mass is 35.5. The number of aromatic nitrogens is 3. The third kappa shape index (κ3) is 0.636. The summed E-state index contributed by atoms with van der Waals surface area (Å²) in [5.74, 6) is 0. The fourth-order valence-corrected chi connectivity index (χ4v) is 0.552. The highest BCUT2D eigenvalue weighted by Gasteiger charge is 1.83. The van der Waals surface area contributed by atoms with Crippen LogP contribution in [0.2, 0.25) is 5.28 Å². The Morgan fingerprint density at radius 2 is 2.50 bits per heavy atom. The van der Waals surface area contributed by atoms with Crippen molar-refractivity contribution in [2.75, 3.05) is 0 Å². The zero-order valence-electron chi connectivity index (χ0n) is 2.63. The number of halogens is 1. The minimum absolute atomic E-state index is 0.222. The summed E-state index contributed by atoms with van der Waals surface area (Å²) in [4.78, 5) is 0. The first kappa shape index (κ1) is 3.95. The Morgan fingerprint density at radius 3 is 2.67 bits per heavy atom. The van der Waals surface area contributed by atoms with Crippen LogP contribution in [0.3, 0.4) is 0 Å². The molecule has 0 bridgehead atoms. The second-order valence-electron chi connectivity index (χ2n) is 0.624. The van der Waals surface area contributed by atoms with Crippen LogP contribution in [0.1, 0.15) is 0 Å².